The van der Waals surface area contributed by atoms with Crippen molar-refractivity contribution in [2.75, 3.05) is 38.2 Å². The maximum Gasteiger partial charge on any atom is 0.239 e. The summed E-state index contributed by atoms with van der Waals surface area (Å²) in [5.41, 5.74) is 0.937. The van der Waals surface area contributed by atoms with Gasteiger partial charge in [-0.25, -0.2) is 0 Å². The molecule has 6 heteroatoms. The lowest BCUT2D eigenvalue weighted by molar-refractivity contribution is -0.118. The van der Waals surface area contributed by atoms with Gasteiger partial charge in [0.2, 0.25) is 5.91 Å². The molecule has 0 atom stereocenters. The van der Waals surface area contributed by atoms with Gasteiger partial charge < -0.3 is 10.1 Å². The largest absolute Gasteiger partial charge is 0.379 e. The van der Waals surface area contributed by atoms with Crippen LogP contribution in [0.2, 0.25) is 0 Å². The third kappa shape index (κ3) is 3.26. The van der Waals surface area contributed by atoms with E-state index in [2.05, 4.69) is 14.6 Å². The van der Waals surface area contributed by atoms with E-state index in [0.29, 0.717) is 19.8 Å². The Hall–Kier alpha value is -0.980. The number of anilines is 1. The minimum absolute atomic E-state index is 0.0190. The number of ether oxygens (including phenoxy) is 1. The van der Waals surface area contributed by atoms with E-state index in [1.807, 2.05) is 13.0 Å². The molecule has 0 aliphatic carbocycles. The first-order chi connectivity index (χ1) is 7.74. The summed E-state index contributed by atoms with van der Waals surface area (Å²) in [6.45, 7) is 5.43. The Bertz CT molecular complexity index is 361. The summed E-state index contributed by atoms with van der Waals surface area (Å²) in [4.78, 5) is 13.8. The minimum Gasteiger partial charge on any atom is -0.379 e. The van der Waals surface area contributed by atoms with Gasteiger partial charge in [0.05, 0.1) is 25.5 Å². The van der Waals surface area contributed by atoms with Crippen LogP contribution in [0, 0.1) is 6.92 Å². The molecule has 88 valence electrons. The molecule has 0 saturated carbocycles. The van der Waals surface area contributed by atoms with Crippen molar-refractivity contribution in [2.24, 2.45) is 0 Å². The lowest BCUT2D eigenvalue weighted by Crippen LogP contribution is -2.41. The zero-order valence-corrected chi connectivity index (χ0v) is 10.0. The van der Waals surface area contributed by atoms with Crippen LogP contribution in [0.15, 0.2) is 6.07 Å². The number of carbonyl (C=O) groups excluding carboxylic acids is 1. The Morgan fingerprint density at radius 1 is 1.62 bits per heavy atom. The van der Waals surface area contributed by atoms with E-state index in [0.717, 1.165) is 23.8 Å². The van der Waals surface area contributed by atoms with Crippen LogP contribution in [0.25, 0.3) is 0 Å². The Morgan fingerprint density at radius 3 is 3.00 bits per heavy atom. The van der Waals surface area contributed by atoms with Gasteiger partial charge in [0.15, 0.2) is 0 Å². The Morgan fingerprint density at radius 2 is 2.38 bits per heavy atom. The molecule has 0 unspecified atom stereocenters. The van der Waals surface area contributed by atoms with E-state index in [9.17, 15) is 4.79 Å². The molecule has 16 heavy (non-hydrogen) atoms. The molecule has 1 saturated heterocycles. The number of hydrogen-bond acceptors (Lipinski definition) is 5. The zero-order chi connectivity index (χ0) is 11.4. The van der Waals surface area contributed by atoms with Gasteiger partial charge in [-0.15, -0.1) is 0 Å². The van der Waals surface area contributed by atoms with Gasteiger partial charge in [0, 0.05) is 13.1 Å². The molecule has 0 radical (unpaired) electrons. The quantitative estimate of drug-likeness (QED) is 0.847. The highest BCUT2D eigenvalue weighted by Gasteiger charge is 2.14. The summed E-state index contributed by atoms with van der Waals surface area (Å²) in [5.74, 6) is 0.0190. The SMILES string of the molecule is Cc1cc(NC(=O)CN2CCOCC2)sn1. The predicted molar refractivity (Wildman–Crippen MR) is 62.7 cm³/mol. The number of amides is 1. The summed E-state index contributed by atoms with van der Waals surface area (Å²) >= 11 is 1.31. The van der Waals surface area contributed by atoms with E-state index in [1.165, 1.54) is 11.5 Å². The molecule has 2 heterocycles. The molecule has 1 fully saturated rings. The molecule has 2 rings (SSSR count). The van der Waals surface area contributed by atoms with Crippen LogP contribution in [-0.4, -0.2) is 48.0 Å². The van der Waals surface area contributed by atoms with Crippen LogP contribution in [-0.2, 0) is 9.53 Å². The second-order valence-corrected chi connectivity index (χ2v) is 4.57. The van der Waals surface area contributed by atoms with Gasteiger partial charge in [-0.05, 0) is 24.5 Å². The summed E-state index contributed by atoms with van der Waals surface area (Å²) in [7, 11) is 0. The van der Waals surface area contributed by atoms with Crippen LogP contribution in [0.4, 0.5) is 5.00 Å². The van der Waals surface area contributed by atoms with Crippen molar-refractivity contribution in [3.8, 4) is 0 Å². The van der Waals surface area contributed by atoms with Crippen LogP contribution in [0.5, 0.6) is 0 Å². The fraction of sp³-hybridized carbons (Fsp3) is 0.600. The molecule has 1 aliphatic heterocycles. The normalized spacial score (nSPS) is 17.3. The monoisotopic (exact) mass is 241 g/mol. The topological polar surface area (TPSA) is 54.5 Å². The maximum atomic E-state index is 11.7. The minimum atomic E-state index is 0.0190. The van der Waals surface area contributed by atoms with Gasteiger partial charge in [-0.2, -0.15) is 4.37 Å². The molecule has 5 nitrogen and oxygen atoms in total. The van der Waals surface area contributed by atoms with Crippen molar-refractivity contribution in [2.45, 2.75) is 6.92 Å². The van der Waals surface area contributed by atoms with E-state index < -0.39 is 0 Å². The predicted octanol–water partition coefficient (Wildman–Crippen LogP) is 0.722. The number of nitrogens with one attached hydrogen (secondary N) is 1. The number of rotatable bonds is 3. The van der Waals surface area contributed by atoms with Crippen molar-refractivity contribution in [1.82, 2.24) is 9.27 Å². The smallest absolute Gasteiger partial charge is 0.239 e. The van der Waals surface area contributed by atoms with Crippen LogP contribution >= 0.6 is 11.5 Å². The molecule has 1 N–H and O–H groups in total. The average molecular weight is 241 g/mol. The van der Waals surface area contributed by atoms with E-state index in [1.54, 1.807) is 0 Å². The highest BCUT2D eigenvalue weighted by atomic mass is 32.1. The van der Waals surface area contributed by atoms with Crippen molar-refractivity contribution in [3.63, 3.8) is 0 Å². The third-order valence-corrected chi connectivity index (χ3v) is 3.16. The molecule has 1 aliphatic rings. The molecular weight excluding hydrogens is 226 g/mol. The van der Waals surface area contributed by atoms with Gasteiger partial charge in [-0.1, -0.05) is 0 Å². The Kier molecular flexibility index (Phi) is 3.87. The number of aryl methyl sites for hydroxylation is 1. The number of nitrogens with zero attached hydrogens (tertiary/aromatic N) is 2. The first-order valence-electron chi connectivity index (χ1n) is 5.27. The Labute approximate surface area is 98.6 Å². The molecule has 1 aromatic rings. The van der Waals surface area contributed by atoms with Gasteiger partial charge in [0.25, 0.3) is 0 Å². The molecular formula is C10H15N3O2S. The molecule has 1 amide bonds. The average Bonchev–Trinajstić information content (AvgIpc) is 2.65. The van der Waals surface area contributed by atoms with E-state index in [-0.39, 0.29) is 5.91 Å². The summed E-state index contributed by atoms with van der Waals surface area (Å²) in [6, 6.07) is 1.88. The molecule has 1 aromatic heterocycles. The van der Waals surface area contributed by atoms with E-state index >= 15 is 0 Å². The Balaban J connectivity index is 1.79. The lowest BCUT2D eigenvalue weighted by atomic mass is 10.4. The van der Waals surface area contributed by atoms with Gasteiger partial charge in [-0.3, -0.25) is 9.69 Å². The third-order valence-electron chi connectivity index (χ3n) is 2.36. The van der Waals surface area contributed by atoms with Gasteiger partial charge >= 0.3 is 0 Å². The number of carbonyl (C=O) groups is 1. The summed E-state index contributed by atoms with van der Waals surface area (Å²) in [5, 5.41) is 3.66. The van der Waals surface area contributed by atoms with Crippen molar-refractivity contribution in [1.29, 1.82) is 0 Å². The van der Waals surface area contributed by atoms with Crippen molar-refractivity contribution < 1.29 is 9.53 Å². The second-order valence-electron chi connectivity index (χ2n) is 3.77. The van der Waals surface area contributed by atoms with Crippen molar-refractivity contribution in [3.05, 3.63) is 11.8 Å². The molecule has 0 aromatic carbocycles. The second kappa shape index (κ2) is 5.38. The zero-order valence-electron chi connectivity index (χ0n) is 9.23. The standard InChI is InChI=1S/C10H15N3O2S/c1-8-6-10(16-12-8)11-9(14)7-13-2-4-15-5-3-13/h6H,2-5,7H2,1H3,(H,11,14). The fourth-order valence-electron chi connectivity index (χ4n) is 1.56. The maximum absolute atomic E-state index is 11.7. The fourth-order valence-corrected chi connectivity index (χ4v) is 2.24. The number of aromatic nitrogens is 1. The first kappa shape index (κ1) is 11.5. The number of morpholine rings is 1. The van der Waals surface area contributed by atoms with Gasteiger partial charge in [0.1, 0.15) is 5.00 Å². The first-order valence-corrected chi connectivity index (χ1v) is 6.04. The summed E-state index contributed by atoms with van der Waals surface area (Å²) < 4.78 is 9.33. The van der Waals surface area contributed by atoms with Crippen LogP contribution in [0.3, 0.4) is 0 Å². The molecule has 0 spiro atoms. The van der Waals surface area contributed by atoms with Crippen LogP contribution in [0.1, 0.15) is 5.69 Å². The van der Waals surface area contributed by atoms with Crippen molar-refractivity contribution >= 4 is 22.4 Å². The number of hydrogen-bond donors (Lipinski definition) is 1. The van der Waals surface area contributed by atoms with E-state index in [4.69, 9.17) is 4.74 Å². The highest BCUT2D eigenvalue weighted by molar-refractivity contribution is 7.10. The highest BCUT2D eigenvalue weighted by Crippen LogP contribution is 2.15. The molecule has 0 bridgehead atoms. The summed E-state index contributed by atoms with van der Waals surface area (Å²) in [6.07, 6.45) is 0. The lowest BCUT2D eigenvalue weighted by Gasteiger charge is -2.25. The van der Waals surface area contributed by atoms with Crippen LogP contribution < -0.4 is 5.32 Å².